The summed E-state index contributed by atoms with van der Waals surface area (Å²) in [6.07, 6.45) is 1.84. The third kappa shape index (κ3) is 4.85. The van der Waals surface area contributed by atoms with Crippen LogP contribution in [0.3, 0.4) is 0 Å². The maximum absolute atomic E-state index is 13.3. The summed E-state index contributed by atoms with van der Waals surface area (Å²) in [6.45, 7) is 4.93. The molecule has 4 nitrogen and oxygen atoms in total. The van der Waals surface area contributed by atoms with Crippen LogP contribution in [-0.4, -0.2) is 23.0 Å². The second kappa shape index (κ2) is 7.84. The van der Waals surface area contributed by atoms with E-state index in [-0.39, 0.29) is 0 Å². The van der Waals surface area contributed by atoms with Crippen molar-refractivity contribution in [2.45, 2.75) is 6.54 Å². The number of halogens is 1. The summed E-state index contributed by atoms with van der Waals surface area (Å²) in [6, 6.07) is 3.95. The Kier molecular flexibility index (Phi) is 6.38. The molecule has 0 aliphatic rings. The van der Waals surface area contributed by atoms with Crippen LogP contribution in [0.15, 0.2) is 30.9 Å². The fourth-order valence-electron chi connectivity index (χ4n) is 1.35. The van der Waals surface area contributed by atoms with Crippen molar-refractivity contribution in [3.8, 4) is 0 Å². The molecule has 1 aromatic rings. The first kappa shape index (κ1) is 14.7. The van der Waals surface area contributed by atoms with Crippen molar-refractivity contribution >= 4 is 17.4 Å². The second-order valence-electron chi connectivity index (χ2n) is 3.58. The van der Waals surface area contributed by atoms with E-state index in [1.807, 2.05) is 6.08 Å². The molecule has 0 spiro atoms. The summed E-state index contributed by atoms with van der Waals surface area (Å²) in [4.78, 5) is 9.71. The van der Waals surface area contributed by atoms with Crippen LogP contribution in [-0.2, 0) is 6.54 Å². The van der Waals surface area contributed by atoms with Crippen molar-refractivity contribution in [2.24, 2.45) is 0 Å². The second-order valence-corrected chi connectivity index (χ2v) is 4.73. The fourth-order valence-corrected chi connectivity index (χ4v) is 1.97. The average Bonchev–Trinajstić information content (AvgIpc) is 2.33. The molecule has 0 amide bonds. The molecule has 6 heteroatoms. The molecule has 0 heterocycles. The molecule has 0 saturated carbocycles. The molecule has 0 fully saturated rings. The van der Waals surface area contributed by atoms with Gasteiger partial charge in [0, 0.05) is 30.7 Å². The van der Waals surface area contributed by atoms with Crippen LogP contribution >= 0.6 is 11.8 Å². The van der Waals surface area contributed by atoms with Crippen molar-refractivity contribution < 1.29 is 9.31 Å². The van der Waals surface area contributed by atoms with E-state index in [0.29, 0.717) is 12.1 Å². The minimum Gasteiger partial charge on any atom is -0.312 e. The third-order valence-electron chi connectivity index (χ3n) is 2.20. The predicted molar refractivity (Wildman–Crippen MR) is 72.3 cm³/mol. The van der Waals surface area contributed by atoms with Gasteiger partial charge in [-0.05, 0) is 11.6 Å². The molecular weight excluding hydrogens is 255 g/mol. The summed E-state index contributed by atoms with van der Waals surface area (Å²) in [5, 5.41) is 13.6. The molecule has 1 N–H and O–H groups in total. The van der Waals surface area contributed by atoms with Crippen LogP contribution in [0.2, 0.25) is 0 Å². The first-order valence-corrected chi connectivity index (χ1v) is 6.62. The van der Waals surface area contributed by atoms with Crippen molar-refractivity contribution in [2.75, 3.05) is 18.1 Å². The molecule has 0 atom stereocenters. The number of nitro benzene ring substituents is 1. The molecule has 98 valence electrons. The van der Waals surface area contributed by atoms with Crippen LogP contribution < -0.4 is 5.32 Å². The zero-order valence-electron chi connectivity index (χ0n) is 9.89. The normalized spacial score (nSPS) is 10.3. The molecule has 0 radical (unpaired) electrons. The van der Waals surface area contributed by atoms with Crippen molar-refractivity contribution in [1.82, 2.24) is 5.32 Å². The molecule has 18 heavy (non-hydrogen) atoms. The fraction of sp³-hybridized carbons (Fsp3) is 0.333. The Morgan fingerprint density at radius 1 is 1.56 bits per heavy atom. The average molecular weight is 270 g/mol. The van der Waals surface area contributed by atoms with Gasteiger partial charge < -0.3 is 5.32 Å². The largest absolute Gasteiger partial charge is 0.312 e. The van der Waals surface area contributed by atoms with Gasteiger partial charge in [-0.1, -0.05) is 12.1 Å². The number of rotatable bonds is 8. The number of hydrogen-bond donors (Lipinski definition) is 1. The first-order chi connectivity index (χ1) is 8.65. The SMILES string of the molecule is C=CCSCCNCc1ccc([N+](=O)[O-])c(F)c1. The number of hydrogen-bond acceptors (Lipinski definition) is 4. The summed E-state index contributed by atoms with van der Waals surface area (Å²) in [7, 11) is 0. The van der Waals surface area contributed by atoms with Crippen molar-refractivity contribution in [3.05, 3.63) is 52.3 Å². The van der Waals surface area contributed by atoms with E-state index in [1.165, 1.54) is 12.1 Å². The van der Waals surface area contributed by atoms with Crippen LogP contribution in [0.1, 0.15) is 5.56 Å². The zero-order valence-corrected chi connectivity index (χ0v) is 10.7. The van der Waals surface area contributed by atoms with E-state index < -0.39 is 16.4 Å². The topological polar surface area (TPSA) is 55.2 Å². The zero-order chi connectivity index (χ0) is 13.4. The van der Waals surface area contributed by atoms with E-state index in [0.717, 1.165) is 18.1 Å². The quantitative estimate of drug-likeness (QED) is 0.341. The van der Waals surface area contributed by atoms with Gasteiger partial charge in [0.05, 0.1) is 4.92 Å². The Bertz CT molecular complexity index is 427. The van der Waals surface area contributed by atoms with Crippen LogP contribution in [0, 0.1) is 15.9 Å². The Hall–Kier alpha value is -1.40. The number of benzene rings is 1. The van der Waals surface area contributed by atoms with E-state index in [2.05, 4.69) is 11.9 Å². The first-order valence-electron chi connectivity index (χ1n) is 5.47. The lowest BCUT2D eigenvalue weighted by molar-refractivity contribution is -0.387. The molecule has 0 aliphatic heterocycles. The Balaban J connectivity index is 2.37. The van der Waals surface area contributed by atoms with Gasteiger partial charge in [-0.2, -0.15) is 16.2 Å². The molecule has 1 aromatic carbocycles. The summed E-state index contributed by atoms with van der Waals surface area (Å²) >= 11 is 1.75. The van der Waals surface area contributed by atoms with Gasteiger partial charge in [0.25, 0.3) is 0 Å². The Morgan fingerprint density at radius 2 is 2.33 bits per heavy atom. The van der Waals surface area contributed by atoms with Crippen LogP contribution in [0.5, 0.6) is 0 Å². The minimum absolute atomic E-state index is 0.486. The van der Waals surface area contributed by atoms with Gasteiger partial charge in [-0.3, -0.25) is 10.1 Å². The van der Waals surface area contributed by atoms with Gasteiger partial charge in [0.1, 0.15) is 0 Å². The highest BCUT2D eigenvalue weighted by atomic mass is 32.2. The smallest absolute Gasteiger partial charge is 0.304 e. The van der Waals surface area contributed by atoms with Crippen molar-refractivity contribution in [3.63, 3.8) is 0 Å². The van der Waals surface area contributed by atoms with E-state index in [1.54, 1.807) is 17.8 Å². The maximum atomic E-state index is 13.3. The summed E-state index contributed by atoms with van der Waals surface area (Å²) in [5.74, 6) is 1.07. The van der Waals surface area contributed by atoms with E-state index >= 15 is 0 Å². The molecule has 0 saturated heterocycles. The number of nitro groups is 1. The molecule has 0 bridgehead atoms. The molecule has 0 aromatic heterocycles. The lowest BCUT2D eigenvalue weighted by atomic mass is 10.2. The van der Waals surface area contributed by atoms with Gasteiger partial charge in [0.15, 0.2) is 0 Å². The molecule has 0 unspecified atom stereocenters. The standard InChI is InChI=1S/C12H15FN2O2S/c1-2-6-18-7-5-14-9-10-3-4-12(15(16)17)11(13)8-10/h2-4,8,14H,1,5-7,9H2. The monoisotopic (exact) mass is 270 g/mol. The van der Waals surface area contributed by atoms with Gasteiger partial charge in [0.2, 0.25) is 5.82 Å². The van der Waals surface area contributed by atoms with Gasteiger partial charge >= 0.3 is 5.69 Å². The number of nitrogens with zero attached hydrogens (tertiary/aromatic N) is 1. The Labute approximate surface area is 109 Å². The third-order valence-corrected chi connectivity index (χ3v) is 3.16. The highest BCUT2D eigenvalue weighted by Gasteiger charge is 2.13. The highest BCUT2D eigenvalue weighted by molar-refractivity contribution is 7.99. The lowest BCUT2D eigenvalue weighted by Crippen LogP contribution is -2.16. The molecule has 1 rings (SSSR count). The van der Waals surface area contributed by atoms with Crippen LogP contribution in [0.4, 0.5) is 10.1 Å². The van der Waals surface area contributed by atoms with Crippen LogP contribution in [0.25, 0.3) is 0 Å². The summed E-state index contributed by atoms with van der Waals surface area (Å²) < 4.78 is 13.3. The molecular formula is C12H15FN2O2S. The van der Waals surface area contributed by atoms with Crippen molar-refractivity contribution in [1.29, 1.82) is 0 Å². The van der Waals surface area contributed by atoms with E-state index in [4.69, 9.17) is 0 Å². The minimum atomic E-state index is -0.791. The highest BCUT2D eigenvalue weighted by Crippen LogP contribution is 2.17. The Morgan fingerprint density at radius 3 is 2.94 bits per heavy atom. The van der Waals surface area contributed by atoms with Gasteiger partial charge in [-0.15, -0.1) is 6.58 Å². The molecule has 0 aliphatic carbocycles. The lowest BCUT2D eigenvalue weighted by Gasteiger charge is -2.04. The maximum Gasteiger partial charge on any atom is 0.304 e. The summed E-state index contributed by atoms with van der Waals surface area (Å²) in [5.41, 5.74) is 0.215. The predicted octanol–water partition coefficient (Wildman–Crippen LogP) is 2.74. The number of thioether (sulfide) groups is 1. The van der Waals surface area contributed by atoms with E-state index in [9.17, 15) is 14.5 Å². The van der Waals surface area contributed by atoms with Gasteiger partial charge in [-0.25, -0.2) is 0 Å². The number of nitrogens with one attached hydrogen (secondary N) is 1.